The molecule has 2 nitrogen and oxygen atoms in total. The molecule has 0 aliphatic heterocycles. The second-order valence-corrected chi connectivity index (χ2v) is 3.73. The molecule has 0 saturated carbocycles. The Balaban J connectivity index is 2.52. The lowest BCUT2D eigenvalue weighted by atomic mass is 10.0. The van der Waals surface area contributed by atoms with E-state index in [0.717, 1.165) is 10.8 Å². The van der Waals surface area contributed by atoms with E-state index in [1.54, 1.807) is 6.07 Å². The van der Waals surface area contributed by atoms with E-state index in [2.05, 4.69) is 17.0 Å². The number of fused-ring (bicyclic) bond motifs is 3. The van der Waals surface area contributed by atoms with E-state index in [4.69, 9.17) is 5.90 Å². The first-order chi connectivity index (χ1) is 7.90. The summed E-state index contributed by atoms with van der Waals surface area (Å²) >= 11 is 0. The van der Waals surface area contributed by atoms with Crippen molar-refractivity contribution in [2.45, 2.75) is 0 Å². The summed E-state index contributed by atoms with van der Waals surface area (Å²) < 4.78 is 0. The quantitative estimate of drug-likeness (QED) is 0.444. The highest BCUT2D eigenvalue weighted by Crippen LogP contribution is 2.30. The summed E-state index contributed by atoms with van der Waals surface area (Å²) in [6.45, 7) is 0. The van der Waals surface area contributed by atoms with Gasteiger partial charge in [-0.15, -0.1) is 0 Å². The van der Waals surface area contributed by atoms with E-state index in [9.17, 15) is 0 Å². The molecule has 0 fully saturated rings. The lowest BCUT2D eigenvalue weighted by Gasteiger charge is -2.05. The lowest BCUT2D eigenvalue weighted by Crippen LogP contribution is -1.88. The van der Waals surface area contributed by atoms with Crippen molar-refractivity contribution >= 4 is 21.5 Å². The van der Waals surface area contributed by atoms with Crippen LogP contribution >= 0.6 is 0 Å². The summed E-state index contributed by atoms with van der Waals surface area (Å²) in [5.74, 6) is 9.30. The number of hydrogen-bond acceptors (Lipinski definition) is 1. The van der Waals surface area contributed by atoms with Crippen LogP contribution in [0.4, 0.5) is 0 Å². The molecule has 16 heavy (non-hydrogen) atoms. The van der Waals surface area contributed by atoms with Gasteiger partial charge in [0.2, 0.25) is 0 Å². The molecule has 0 spiro atoms. The molecule has 0 saturated heterocycles. The zero-order valence-electron chi connectivity index (χ0n) is 8.55. The average molecular weight is 207 g/mol. The molecular formula is C14H9NO. The molecule has 0 bridgehead atoms. The molecule has 0 atom stereocenters. The molecule has 76 valence electrons. The fourth-order valence-electron chi connectivity index (χ4n) is 2.09. The summed E-state index contributed by atoms with van der Waals surface area (Å²) in [6.07, 6.45) is 0. The van der Waals surface area contributed by atoms with Crippen LogP contribution in [-0.2, 0) is 0 Å². The van der Waals surface area contributed by atoms with Crippen LogP contribution in [0.25, 0.3) is 21.5 Å². The Morgan fingerprint density at radius 3 is 2.38 bits per heavy atom. The fourth-order valence-corrected chi connectivity index (χ4v) is 2.09. The van der Waals surface area contributed by atoms with Crippen LogP contribution in [-0.4, -0.2) is 0 Å². The molecule has 0 amide bonds. The van der Waals surface area contributed by atoms with Crippen LogP contribution in [0, 0.1) is 0 Å². The maximum absolute atomic E-state index is 8.81. The number of rotatable bonds is 1. The van der Waals surface area contributed by atoms with Crippen molar-refractivity contribution in [3.8, 4) is 5.75 Å². The molecule has 0 aliphatic rings. The Bertz CT molecular complexity index is 661. The predicted molar refractivity (Wildman–Crippen MR) is 64.2 cm³/mol. The van der Waals surface area contributed by atoms with Crippen LogP contribution in [0.5, 0.6) is 5.75 Å². The SMILES string of the molecule is [N]Oc1cccc2c1ccc1ccccc12. The average Bonchev–Trinajstić information content (AvgIpc) is 2.37. The highest BCUT2D eigenvalue weighted by Gasteiger charge is 2.04. The Morgan fingerprint density at radius 1 is 0.688 bits per heavy atom. The zero-order chi connectivity index (χ0) is 11.0. The summed E-state index contributed by atoms with van der Waals surface area (Å²) in [6, 6.07) is 17.8. The minimum atomic E-state index is 0.489. The van der Waals surface area contributed by atoms with Crippen molar-refractivity contribution in [1.29, 1.82) is 0 Å². The van der Waals surface area contributed by atoms with Gasteiger partial charge < -0.3 is 4.84 Å². The fraction of sp³-hybridized carbons (Fsp3) is 0. The van der Waals surface area contributed by atoms with Crippen molar-refractivity contribution in [3.63, 3.8) is 0 Å². The molecule has 0 heterocycles. The molecule has 0 aromatic heterocycles. The van der Waals surface area contributed by atoms with Gasteiger partial charge in [0.25, 0.3) is 0 Å². The van der Waals surface area contributed by atoms with E-state index in [1.807, 2.05) is 36.4 Å². The lowest BCUT2D eigenvalue weighted by molar-refractivity contribution is 0.313. The standard InChI is InChI=1S/C14H9NO/c15-16-14-7-3-6-12-11-5-2-1-4-10(11)8-9-13(12)14/h1-9H. The van der Waals surface area contributed by atoms with E-state index >= 15 is 0 Å². The van der Waals surface area contributed by atoms with E-state index in [1.165, 1.54) is 10.8 Å². The Hall–Kier alpha value is -2.06. The molecule has 2 heteroatoms. The summed E-state index contributed by atoms with van der Waals surface area (Å²) in [5.41, 5.74) is 0. The van der Waals surface area contributed by atoms with Gasteiger partial charge in [-0.3, -0.25) is 0 Å². The van der Waals surface area contributed by atoms with E-state index < -0.39 is 0 Å². The van der Waals surface area contributed by atoms with Gasteiger partial charge in [0, 0.05) is 5.39 Å². The highest BCUT2D eigenvalue weighted by molar-refractivity contribution is 6.09. The summed E-state index contributed by atoms with van der Waals surface area (Å²) in [4.78, 5) is 4.38. The largest absolute Gasteiger partial charge is 0.367 e. The van der Waals surface area contributed by atoms with E-state index in [-0.39, 0.29) is 0 Å². The van der Waals surface area contributed by atoms with Gasteiger partial charge in [-0.2, -0.15) is 0 Å². The maximum atomic E-state index is 8.81. The topological polar surface area (TPSA) is 31.5 Å². The van der Waals surface area contributed by atoms with Crippen molar-refractivity contribution in [2.24, 2.45) is 0 Å². The zero-order valence-corrected chi connectivity index (χ0v) is 8.55. The molecule has 2 radical (unpaired) electrons. The summed E-state index contributed by atoms with van der Waals surface area (Å²) in [7, 11) is 0. The minimum absolute atomic E-state index is 0.489. The van der Waals surface area contributed by atoms with Crippen molar-refractivity contribution < 1.29 is 4.84 Å². The van der Waals surface area contributed by atoms with Crippen LogP contribution in [0.2, 0.25) is 0 Å². The molecule has 3 aromatic carbocycles. The van der Waals surface area contributed by atoms with Crippen LogP contribution < -0.4 is 10.7 Å². The van der Waals surface area contributed by atoms with Gasteiger partial charge in [-0.05, 0) is 28.3 Å². The molecule has 0 unspecified atom stereocenters. The normalized spacial score (nSPS) is 10.8. The molecule has 3 aromatic rings. The summed E-state index contributed by atoms with van der Waals surface area (Å²) in [5, 5.41) is 4.36. The second kappa shape index (κ2) is 3.51. The molecule has 0 aliphatic carbocycles. The second-order valence-electron chi connectivity index (χ2n) is 3.73. The van der Waals surface area contributed by atoms with Gasteiger partial charge >= 0.3 is 0 Å². The third-order valence-electron chi connectivity index (χ3n) is 2.84. The third-order valence-corrected chi connectivity index (χ3v) is 2.84. The Labute approximate surface area is 93.2 Å². The van der Waals surface area contributed by atoms with Gasteiger partial charge in [0.15, 0.2) is 5.75 Å². The smallest absolute Gasteiger partial charge is 0.159 e. The molecule has 0 N–H and O–H groups in total. The first-order valence-corrected chi connectivity index (χ1v) is 5.12. The van der Waals surface area contributed by atoms with Crippen LogP contribution in [0.15, 0.2) is 54.6 Å². The van der Waals surface area contributed by atoms with E-state index in [0.29, 0.717) is 5.75 Å². The van der Waals surface area contributed by atoms with Gasteiger partial charge in [-0.1, -0.05) is 42.5 Å². The first kappa shape index (κ1) is 9.19. The third kappa shape index (κ3) is 1.24. The first-order valence-electron chi connectivity index (χ1n) is 5.12. The van der Waals surface area contributed by atoms with Crippen molar-refractivity contribution in [3.05, 3.63) is 54.6 Å². The number of nitrogens with zero attached hydrogens (tertiary/aromatic N) is 1. The monoisotopic (exact) mass is 207 g/mol. The van der Waals surface area contributed by atoms with Gasteiger partial charge in [0.1, 0.15) is 5.90 Å². The Kier molecular flexibility index (Phi) is 2.01. The van der Waals surface area contributed by atoms with Crippen molar-refractivity contribution in [1.82, 2.24) is 5.90 Å². The molecular weight excluding hydrogens is 198 g/mol. The van der Waals surface area contributed by atoms with Crippen LogP contribution in [0.3, 0.4) is 0 Å². The minimum Gasteiger partial charge on any atom is -0.367 e. The van der Waals surface area contributed by atoms with Gasteiger partial charge in [0.05, 0.1) is 0 Å². The highest BCUT2D eigenvalue weighted by atomic mass is 16.6. The van der Waals surface area contributed by atoms with Crippen LogP contribution in [0.1, 0.15) is 0 Å². The predicted octanol–water partition coefficient (Wildman–Crippen LogP) is 3.36. The Morgan fingerprint density at radius 2 is 1.50 bits per heavy atom. The van der Waals surface area contributed by atoms with Gasteiger partial charge in [-0.25, -0.2) is 0 Å². The van der Waals surface area contributed by atoms with Crippen molar-refractivity contribution in [2.75, 3.05) is 0 Å². The molecule has 3 rings (SSSR count). The maximum Gasteiger partial charge on any atom is 0.159 e. The number of hydrogen-bond donors (Lipinski definition) is 0. The number of benzene rings is 3.